The molecule has 1 N–H and O–H groups in total. The highest BCUT2D eigenvalue weighted by atomic mass is 32.2. The number of halogens is 3. The van der Waals surface area contributed by atoms with E-state index in [1.807, 2.05) is 5.32 Å². The van der Waals surface area contributed by atoms with Crippen molar-refractivity contribution >= 4 is 21.4 Å². The third-order valence-electron chi connectivity index (χ3n) is 2.24. The Hall–Kier alpha value is -2.08. The number of alkyl halides is 3. The van der Waals surface area contributed by atoms with Crippen LogP contribution in [0.25, 0.3) is 0 Å². The molecule has 0 aromatic heterocycles. The van der Waals surface area contributed by atoms with Crippen LogP contribution in [-0.2, 0) is 20.8 Å². The molecule has 5 nitrogen and oxygen atoms in total. The van der Waals surface area contributed by atoms with Crippen LogP contribution in [0.3, 0.4) is 0 Å². The molecule has 0 bridgehead atoms. The maximum Gasteiger partial charge on any atom is 0.418 e. The molecule has 0 unspecified atom stereocenters. The van der Waals surface area contributed by atoms with Crippen molar-refractivity contribution in [2.24, 2.45) is 0 Å². The molecule has 20 heavy (non-hydrogen) atoms. The van der Waals surface area contributed by atoms with E-state index in [4.69, 9.17) is 5.26 Å². The van der Waals surface area contributed by atoms with Crippen molar-refractivity contribution in [1.29, 1.82) is 5.26 Å². The molecule has 0 saturated heterocycles. The Bertz CT molecular complexity index is 675. The van der Waals surface area contributed by atoms with E-state index in [-0.39, 0.29) is 0 Å². The van der Waals surface area contributed by atoms with E-state index in [9.17, 15) is 26.4 Å². The Balaban J connectivity index is 3.33. The number of benzene rings is 1. The Morgan fingerprint density at radius 1 is 1.40 bits per heavy atom. The Kier molecular flexibility index (Phi) is 4.39. The van der Waals surface area contributed by atoms with Gasteiger partial charge in [0.1, 0.15) is 6.42 Å². The van der Waals surface area contributed by atoms with E-state index < -0.39 is 44.5 Å². The van der Waals surface area contributed by atoms with E-state index in [2.05, 4.69) is 0 Å². The molecule has 1 aromatic carbocycles. The number of rotatable bonds is 3. The molecule has 108 valence electrons. The SMILES string of the molecule is CS(=O)(=O)c1ccc(NC(=O)CC#N)c(C(F)(F)F)c1. The molecule has 0 heterocycles. The average molecular weight is 306 g/mol. The van der Waals surface area contributed by atoms with Crippen molar-refractivity contribution in [3.8, 4) is 6.07 Å². The molecule has 0 radical (unpaired) electrons. The largest absolute Gasteiger partial charge is 0.418 e. The monoisotopic (exact) mass is 306 g/mol. The normalized spacial score (nSPS) is 11.8. The molecule has 1 rings (SSSR count). The number of nitriles is 1. The molecule has 0 aliphatic heterocycles. The van der Waals surface area contributed by atoms with E-state index in [0.29, 0.717) is 6.07 Å². The predicted molar refractivity (Wildman–Crippen MR) is 63.4 cm³/mol. The summed E-state index contributed by atoms with van der Waals surface area (Å²) in [5.41, 5.74) is -1.88. The van der Waals surface area contributed by atoms with Crippen molar-refractivity contribution < 1.29 is 26.4 Å². The molecule has 1 amide bonds. The van der Waals surface area contributed by atoms with Crippen LogP contribution in [0.4, 0.5) is 18.9 Å². The van der Waals surface area contributed by atoms with Crippen molar-refractivity contribution in [3.05, 3.63) is 23.8 Å². The van der Waals surface area contributed by atoms with E-state index >= 15 is 0 Å². The van der Waals surface area contributed by atoms with Crippen LogP contribution in [0, 0.1) is 11.3 Å². The van der Waals surface area contributed by atoms with E-state index in [1.54, 1.807) is 0 Å². The van der Waals surface area contributed by atoms with Crippen LogP contribution >= 0.6 is 0 Å². The fraction of sp³-hybridized carbons (Fsp3) is 0.273. The van der Waals surface area contributed by atoms with Crippen molar-refractivity contribution in [3.63, 3.8) is 0 Å². The number of nitrogens with zero attached hydrogens (tertiary/aromatic N) is 1. The zero-order valence-corrected chi connectivity index (χ0v) is 11.0. The zero-order valence-electron chi connectivity index (χ0n) is 10.2. The molecule has 0 atom stereocenters. The lowest BCUT2D eigenvalue weighted by Gasteiger charge is -2.14. The lowest BCUT2D eigenvalue weighted by molar-refractivity contribution is -0.137. The molecule has 0 spiro atoms. The second-order valence-electron chi connectivity index (χ2n) is 3.86. The molecule has 1 aromatic rings. The van der Waals surface area contributed by atoms with Gasteiger partial charge in [0.2, 0.25) is 5.91 Å². The summed E-state index contributed by atoms with van der Waals surface area (Å²) in [5, 5.41) is 10.2. The first kappa shape index (κ1) is 16.0. The van der Waals surface area contributed by atoms with E-state index in [1.165, 1.54) is 6.07 Å². The maximum absolute atomic E-state index is 12.8. The molecular formula is C11H9F3N2O3S. The van der Waals surface area contributed by atoms with Crippen LogP contribution < -0.4 is 5.32 Å². The van der Waals surface area contributed by atoms with Crippen molar-refractivity contribution in [2.45, 2.75) is 17.5 Å². The Labute approximate surface area is 112 Å². The van der Waals surface area contributed by atoms with Crippen LogP contribution in [0.2, 0.25) is 0 Å². The quantitative estimate of drug-likeness (QED) is 0.924. The minimum absolute atomic E-state index is 0.442. The minimum atomic E-state index is -4.84. The standard InChI is InChI=1S/C11H9F3N2O3S/c1-20(18,19)7-2-3-9(16-10(17)4-5-15)8(6-7)11(12,13)14/h2-3,6H,4H2,1H3,(H,16,17). The smallest absolute Gasteiger partial charge is 0.325 e. The zero-order chi connectivity index (χ0) is 15.6. The van der Waals surface area contributed by atoms with Gasteiger partial charge in [0, 0.05) is 6.26 Å². The number of hydrogen-bond donors (Lipinski definition) is 1. The number of hydrogen-bond acceptors (Lipinski definition) is 4. The highest BCUT2D eigenvalue weighted by Crippen LogP contribution is 2.36. The predicted octanol–water partition coefficient (Wildman–Crippen LogP) is 1.96. The number of nitrogens with one attached hydrogen (secondary N) is 1. The van der Waals surface area contributed by atoms with Gasteiger partial charge in [-0.2, -0.15) is 18.4 Å². The number of anilines is 1. The highest BCUT2D eigenvalue weighted by Gasteiger charge is 2.35. The van der Waals surface area contributed by atoms with Gasteiger partial charge in [-0.05, 0) is 18.2 Å². The second kappa shape index (κ2) is 5.50. The number of carbonyl (C=O) groups is 1. The van der Waals surface area contributed by atoms with Gasteiger partial charge < -0.3 is 5.32 Å². The maximum atomic E-state index is 12.8. The summed E-state index contributed by atoms with van der Waals surface area (Å²) in [5.74, 6) is -0.912. The van der Waals surface area contributed by atoms with E-state index in [0.717, 1.165) is 18.4 Å². The summed E-state index contributed by atoms with van der Waals surface area (Å²) in [4.78, 5) is 10.6. The fourth-order valence-electron chi connectivity index (χ4n) is 1.36. The first-order valence-electron chi connectivity index (χ1n) is 5.14. The lowest BCUT2D eigenvalue weighted by Crippen LogP contribution is -2.16. The van der Waals surface area contributed by atoms with Gasteiger partial charge in [-0.3, -0.25) is 4.79 Å². The van der Waals surface area contributed by atoms with Crippen molar-refractivity contribution in [1.82, 2.24) is 0 Å². The van der Waals surface area contributed by atoms with Gasteiger partial charge in [-0.25, -0.2) is 8.42 Å². The summed E-state index contributed by atoms with van der Waals surface area (Å²) < 4.78 is 61.0. The third-order valence-corrected chi connectivity index (χ3v) is 3.35. The summed E-state index contributed by atoms with van der Waals surface area (Å²) in [6, 6.07) is 3.73. The highest BCUT2D eigenvalue weighted by molar-refractivity contribution is 7.90. The Morgan fingerprint density at radius 3 is 2.45 bits per heavy atom. The molecule has 0 aliphatic rings. The lowest BCUT2D eigenvalue weighted by atomic mass is 10.1. The second-order valence-corrected chi connectivity index (χ2v) is 5.88. The Morgan fingerprint density at radius 2 is 2.00 bits per heavy atom. The van der Waals surface area contributed by atoms with Gasteiger partial charge in [0.15, 0.2) is 9.84 Å². The van der Waals surface area contributed by atoms with Crippen molar-refractivity contribution in [2.75, 3.05) is 11.6 Å². The summed E-state index contributed by atoms with van der Waals surface area (Å²) in [7, 11) is -3.81. The average Bonchev–Trinajstić information content (AvgIpc) is 2.26. The van der Waals surface area contributed by atoms with Gasteiger partial charge >= 0.3 is 6.18 Å². The van der Waals surface area contributed by atoms with Crippen LogP contribution in [0.15, 0.2) is 23.1 Å². The first-order valence-corrected chi connectivity index (χ1v) is 7.03. The first-order chi connectivity index (χ1) is 9.05. The molecular weight excluding hydrogens is 297 g/mol. The van der Waals surface area contributed by atoms with Crippen LogP contribution in [-0.4, -0.2) is 20.6 Å². The number of amides is 1. The minimum Gasteiger partial charge on any atom is -0.325 e. The molecule has 9 heteroatoms. The topological polar surface area (TPSA) is 87.0 Å². The van der Waals surface area contributed by atoms with Crippen LogP contribution in [0.1, 0.15) is 12.0 Å². The van der Waals surface area contributed by atoms with Crippen LogP contribution in [0.5, 0.6) is 0 Å². The summed E-state index contributed by atoms with van der Waals surface area (Å²) >= 11 is 0. The number of sulfone groups is 1. The fourth-order valence-corrected chi connectivity index (χ4v) is 2.01. The molecule has 0 fully saturated rings. The number of carbonyl (C=O) groups excluding carboxylic acids is 1. The van der Waals surface area contributed by atoms with Gasteiger partial charge in [-0.15, -0.1) is 0 Å². The van der Waals surface area contributed by atoms with Gasteiger partial charge in [0.05, 0.1) is 22.2 Å². The summed E-state index contributed by atoms with van der Waals surface area (Å²) in [6.07, 6.45) is -4.67. The summed E-state index contributed by atoms with van der Waals surface area (Å²) in [6.45, 7) is 0. The van der Waals surface area contributed by atoms with Gasteiger partial charge in [-0.1, -0.05) is 0 Å². The molecule has 0 saturated carbocycles. The molecule has 0 aliphatic carbocycles. The van der Waals surface area contributed by atoms with Gasteiger partial charge in [0.25, 0.3) is 0 Å². The third kappa shape index (κ3) is 3.96.